The van der Waals surface area contributed by atoms with Gasteiger partial charge in [-0.1, -0.05) is 27.7 Å². The zero-order chi connectivity index (χ0) is 19.6. The first-order valence-corrected chi connectivity index (χ1v) is 11.6. The molecule has 1 heterocycles. The molecule has 0 bridgehead atoms. The van der Waals surface area contributed by atoms with Crippen LogP contribution < -0.4 is 10.6 Å². The van der Waals surface area contributed by atoms with Gasteiger partial charge >= 0.3 is 0 Å². The van der Waals surface area contributed by atoms with E-state index in [1.807, 2.05) is 19.9 Å². The van der Waals surface area contributed by atoms with Crippen molar-refractivity contribution in [2.24, 2.45) is 10.9 Å². The van der Waals surface area contributed by atoms with Crippen molar-refractivity contribution in [1.82, 2.24) is 14.9 Å². The van der Waals surface area contributed by atoms with Crippen LogP contribution in [0.1, 0.15) is 45.4 Å². The number of guanidine groups is 1. The Hall–Kier alpha value is -0.390. The molecule has 2 N–H and O–H groups in total. The van der Waals surface area contributed by atoms with E-state index in [1.165, 1.54) is 22.1 Å². The second-order valence-corrected chi connectivity index (χ2v) is 9.86. The van der Waals surface area contributed by atoms with Gasteiger partial charge in [0.15, 0.2) is 5.96 Å². The molecule has 9 heteroatoms. The molecule has 0 unspecified atom stereocenters. The highest BCUT2D eigenvalue weighted by molar-refractivity contribution is 14.0. The van der Waals surface area contributed by atoms with Crippen molar-refractivity contribution >= 4 is 51.3 Å². The fourth-order valence-electron chi connectivity index (χ4n) is 2.56. The van der Waals surface area contributed by atoms with E-state index in [4.69, 9.17) is 0 Å². The van der Waals surface area contributed by atoms with Crippen LogP contribution in [-0.2, 0) is 16.4 Å². The number of nitrogens with one attached hydrogen (secondary N) is 2. The summed E-state index contributed by atoms with van der Waals surface area (Å²) in [5, 5.41) is 6.60. The molecular weight excluding hydrogens is 495 g/mol. The second kappa shape index (κ2) is 13.7. The van der Waals surface area contributed by atoms with Crippen molar-refractivity contribution in [3.63, 3.8) is 0 Å². The minimum Gasteiger partial charge on any atom is -0.356 e. The van der Waals surface area contributed by atoms with Crippen LogP contribution in [-0.4, -0.2) is 51.9 Å². The highest BCUT2D eigenvalue weighted by Gasteiger charge is 2.23. The van der Waals surface area contributed by atoms with Gasteiger partial charge in [0.2, 0.25) is 0 Å². The predicted octanol–water partition coefficient (Wildman–Crippen LogP) is 3.54. The molecule has 158 valence electrons. The lowest BCUT2D eigenvalue weighted by Crippen LogP contribution is -2.38. The first-order valence-electron chi connectivity index (χ1n) is 9.38. The minimum absolute atomic E-state index is 0. The molecule has 6 nitrogen and oxygen atoms in total. The van der Waals surface area contributed by atoms with E-state index in [9.17, 15) is 8.42 Å². The van der Waals surface area contributed by atoms with Gasteiger partial charge < -0.3 is 10.6 Å². The summed E-state index contributed by atoms with van der Waals surface area (Å²) in [6, 6.07) is 3.62. The lowest BCUT2D eigenvalue weighted by atomic mass is 10.1. The topological polar surface area (TPSA) is 73.8 Å². The smallest absolute Gasteiger partial charge is 0.252 e. The Kier molecular flexibility index (Phi) is 13.5. The van der Waals surface area contributed by atoms with Crippen molar-refractivity contribution in [1.29, 1.82) is 0 Å². The molecule has 1 rings (SSSR count). The Morgan fingerprint density at radius 1 is 1.19 bits per heavy atom. The van der Waals surface area contributed by atoms with Crippen molar-refractivity contribution in [2.75, 3.05) is 33.2 Å². The minimum atomic E-state index is -3.35. The average molecular weight is 531 g/mol. The molecule has 0 amide bonds. The molecule has 0 aromatic carbocycles. The lowest BCUT2D eigenvalue weighted by molar-refractivity contribution is 0.447. The summed E-state index contributed by atoms with van der Waals surface area (Å²) < 4.78 is 27.0. The molecule has 0 fully saturated rings. The van der Waals surface area contributed by atoms with Gasteiger partial charge in [0.1, 0.15) is 4.21 Å². The molecule has 0 spiro atoms. The molecule has 1 aromatic heterocycles. The summed E-state index contributed by atoms with van der Waals surface area (Å²) >= 11 is 1.35. The zero-order valence-corrected chi connectivity index (χ0v) is 21.1. The highest BCUT2D eigenvalue weighted by Crippen LogP contribution is 2.25. The van der Waals surface area contributed by atoms with Crippen LogP contribution in [0, 0.1) is 5.92 Å². The molecular formula is C18H35IN4O2S2. The Balaban J connectivity index is 0.00000676. The van der Waals surface area contributed by atoms with Gasteiger partial charge in [-0.05, 0) is 37.3 Å². The van der Waals surface area contributed by atoms with Gasteiger partial charge in [0.25, 0.3) is 10.0 Å². The van der Waals surface area contributed by atoms with E-state index < -0.39 is 10.0 Å². The number of hydrogen-bond acceptors (Lipinski definition) is 4. The van der Waals surface area contributed by atoms with Crippen molar-refractivity contribution in [3.05, 3.63) is 17.0 Å². The summed E-state index contributed by atoms with van der Waals surface area (Å²) in [7, 11) is -1.59. The normalized spacial score (nSPS) is 12.3. The average Bonchev–Trinajstić information content (AvgIpc) is 3.07. The molecule has 0 aliphatic rings. The molecule has 0 radical (unpaired) electrons. The monoisotopic (exact) mass is 530 g/mol. The first-order chi connectivity index (χ1) is 12.3. The Morgan fingerprint density at radius 2 is 1.81 bits per heavy atom. The third-order valence-corrected chi connectivity index (χ3v) is 7.74. The van der Waals surface area contributed by atoms with Crippen LogP contribution >= 0.6 is 35.3 Å². The number of rotatable bonds is 11. The number of nitrogens with zero attached hydrogens (tertiary/aromatic N) is 2. The van der Waals surface area contributed by atoms with Crippen LogP contribution in [0.3, 0.4) is 0 Å². The van der Waals surface area contributed by atoms with Crippen LogP contribution in [0.15, 0.2) is 21.3 Å². The maximum atomic E-state index is 12.5. The molecule has 0 atom stereocenters. The Bertz CT molecular complexity index is 656. The van der Waals surface area contributed by atoms with Gasteiger partial charge in [-0.3, -0.25) is 4.99 Å². The molecule has 0 saturated heterocycles. The maximum absolute atomic E-state index is 12.5. The van der Waals surface area contributed by atoms with Crippen LogP contribution in [0.2, 0.25) is 0 Å². The third kappa shape index (κ3) is 9.10. The van der Waals surface area contributed by atoms with Crippen LogP contribution in [0.5, 0.6) is 0 Å². The van der Waals surface area contributed by atoms with E-state index in [0.29, 0.717) is 23.2 Å². The summed E-state index contributed by atoms with van der Waals surface area (Å²) in [6.07, 6.45) is 3.09. The van der Waals surface area contributed by atoms with E-state index in [-0.39, 0.29) is 24.0 Å². The molecule has 0 aliphatic carbocycles. The van der Waals surface area contributed by atoms with E-state index in [1.54, 1.807) is 13.1 Å². The molecule has 0 aliphatic heterocycles. The summed E-state index contributed by atoms with van der Waals surface area (Å²) in [5.41, 5.74) is 0. The highest BCUT2D eigenvalue weighted by atomic mass is 127. The van der Waals surface area contributed by atoms with Crippen molar-refractivity contribution < 1.29 is 8.42 Å². The Labute approximate surface area is 186 Å². The van der Waals surface area contributed by atoms with Gasteiger partial charge in [0, 0.05) is 38.1 Å². The molecule has 27 heavy (non-hydrogen) atoms. The third-order valence-electron chi connectivity index (χ3n) is 4.07. The van der Waals surface area contributed by atoms with Gasteiger partial charge in [0.05, 0.1) is 0 Å². The van der Waals surface area contributed by atoms with E-state index >= 15 is 0 Å². The molecule has 1 aromatic rings. The van der Waals surface area contributed by atoms with Crippen LogP contribution in [0.25, 0.3) is 0 Å². The number of aliphatic imine (C=N–C) groups is 1. The van der Waals surface area contributed by atoms with E-state index in [2.05, 4.69) is 29.5 Å². The fourth-order valence-corrected chi connectivity index (χ4v) is 5.53. The lowest BCUT2D eigenvalue weighted by Gasteiger charge is -2.16. The quantitative estimate of drug-likeness (QED) is 0.199. The SMILES string of the molecule is CCN(CC)S(=O)(=O)c1ccc(CCNC(=NC)NCCCC(C)C)s1.I. The number of hydrogen-bond donors (Lipinski definition) is 2. The zero-order valence-electron chi connectivity index (χ0n) is 17.1. The number of halogens is 1. The first kappa shape index (κ1) is 26.6. The molecule has 0 saturated carbocycles. The maximum Gasteiger partial charge on any atom is 0.252 e. The Morgan fingerprint density at radius 3 is 2.37 bits per heavy atom. The summed E-state index contributed by atoms with van der Waals surface area (Å²) in [5.74, 6) is 1.51. The van der Waals surface area contributed by atoms with Crippen LogP contribution in [0.4, 0.5) is 0 Å². The van der Waals surface area contributed by atoms with E-state index in [0.717, 1.165) is 36.8 Å². The largest absolute Gasteiger partial charge is 0.356 e. The van der Waals surface area contributed by atoms with Gasteiger partial charge in [-0.15, -0.1) is 35.3 Å². The second-order valence-electron chi connectivity index (χ2n) is 6.52. The van der Waals surface area contributed by atoms with Crippen molar-refractivity contribution in [3.8, 4) is 0 Å². The number of sulfonamides is 1. The van der Waals surface area contributed by atoms with Gasteiger partial charge in [-0.2, -0.15) is 4.31 Å². The fraction of sp³-hybridized carbons (Fsp3) is 0.722. The van der Waals surface area contributed by atoms with Crippen molar-refractivity contribution in [2.45, 2.75) is 51.2 Å². The van der Waals surface area contributed by atoms with Gasteiger partial charge in [-0.25, -0.2) is 8.42 Å². The number of thiophene rings is 1. The predicted molar refractivity (Wildman–Crippen MR) is 127 cm³/mol. The summed E-state index contributed by atoms with van der Waals surface area (Å²) in [4.78, 5) is 5.28. The standard InChI is InChI=1S/C18H34N4O2S2.HI/c1-6-22(7-2)26(23,24)17-11-10-16(25-17)12-14-21-18(19-5)20-13-8-9-15(3)4;/h10-11,15H,6-9,12-14H2,1-5H3,(H2,19,20,21);1H. The summed E-state index contributed by atoms with van der Waals surface area (Å²) in [6.45, 7) is 10.8.